The van der Waals surface area contributed by atoms with E-state index in [-0.39, 0.29) is 5.78 Å². The van der Waals surface area contributed by atoms with E-state index in [2.05, 4.69) is 0 Å². The average molecular weight is 349 g/mol. The fraction of sp³-hybridized carbons (Fsp3) is 0.111. The molecule has 1 unspecified atom stereocenters. The van der Waals surface area contributed by atoms with Gasteiger partial charge < -0.3 is 4.74 Å². The van der Waals surface area contributed by atoms with E-state index in [0.29, 0.717) is 21.2 Å². The number of benzene rings is 2. The average Bonchev–Trinajstić information content (AvgIpc) is 2.54. The van der Waals surface area contributed by atoms with E-state index in [1.54, 1.807) is 42.5 Å². The number of carbonyl (C=O) groups is 2. The molecule has 0 saturated carbocycles. The molecule has 0 fully saturated rings. The van der Waals surface area contributed by atoms with Crippen molar-refractivity contribution in [3.8, 4) is 0 Å². The van der Waals surface area contributed by atoms with Gasteiger partial charge in [0.2, 0.25) is 5.78 Å². The molecule has 0 aliphatic carbocycles. The topological polar surface area (TPSA) is 43.4 Å². The van der Waals surface area contributed by atoms with E-state index in [4.69, 9.17) is 27.9 Å². The van der Waals surface area contributed by atoms with Crippen molar-refractivity contribution in [1.82, 2.24) is 0 Å². The summed E-state index contributed by atoms with van der Waals surface area (Å²) in [6.07, 6.45) is 1.88. The molecule has 2 aromatic carbocycles. The summed E-state index contributed by atoms with van der Waals surface area (Å²) in [5, 5.41) is 0.937. The molecular formula is C18H14Cl2O3. The summed E-state index contributed by atoms with van der Waals surface area (Å²) in [4.78, 5) is 23.9. The van der Waals surface area contributed by atoms with Gasteiger partial charge in [-0.3, -0.25) is 4.79 Å². The standard InChI is InChI=1S/C18H14Cl2O3/c1-12(18(22)14-5-3-2-4-6-14)23-17(21)10-8-13-7-9-15(19)11-16(13)20/h2-12H,1H3. The molecule has 0 spiro atoms. The molecule has 0 amide bonds. The summed E-state index contributed by atoms with van der Waals surface area (Å²) in [6, 6.07) is 13.6. The lowest BCUT2D eigenvalue weighted by molar-refractivity contribution is -0.140. The molecule has 0 bridgehead atoms. The lowest BCUT2D eigenvalue weighted by Gasteiger charge is -2.10. The van der Waals surface area contributed by atoms with Crippen molar-refractivity contribution in [1.29, 1.82) is 0 Å². The van der Waals surface area contributed by atoms with Gasteiger partial charge in [-0.2, -0.15) is 0 Å². The van der Waals surface area contributed by atoms with Crippen LogP contribution < -0.4 is 0 Å². The van der Waals surface area contributed by atoms with Gasteiger partial charge >= 0.3 is 5.97 Å². The number of ketones is 1. The Labute approximate surface area is 144 Å². The lowest BCUT2D eigenvalue weighted by Crippen LogP contribution is -2.23. The Morgan fingerprint density at radius 3 is 2.43 bits per heavy atom. The summed E-state index contributed by atoms with van der Waals surface area (Å²) in [5.41, 5.74) is 1.13. The van der Waals surface area contributed by atoms with Crippen molar-refractivity contribution in [2.45, 2.75) is 13.0 Å². The van der Waals surface area contributed by atoms with Crippen LogP contribution in [0.5, 0.6) is 0 Å². The summed E-state index contributed by atoms with van der Waals surface area (Å²) in [6.45, 7) is 1.54. The van der Waals surface area contributed by atoms with Crippen molar-refractivity contribution in [2.75, 3.05) is 0 Å². The second-order valence-corrected chi connectivity index (χ2v) is 5.65. The maximum Gasteiger partial charge on any atom is 0.331 e. The molecule has 0 aliphatic rings. The van der Waals surface area contributed by atoms with E-state index in [1.165, 1.54) is 19.1 Å². The summed E-state index contributed by atoms with van der Waals surface area (Å²) in [7, 11) is 0. The molecule has 0 heterocycles. The van der Waals surface area contributed by atoms with E-state index in [0.717, 1.165) is 0 Å². The first-order valence-corrected chi connectivity index (χ1v) is 7.66. The van der Waals surface area contributed by atoms with Gasteiger partial charge in [0, 0.05) is 21.7 Å². The van der Waals surface area contributed by atoms with Crippen molar-refractivity contribution in [3.05, 3.63) is 75.8 Å². The van der Waals surface area contributed by atoms with E-state index in [9.17, 15) is 9.59 Å². The predicted molar refractivity (Wildman–Crippen MR) is 91.8 cm³/mol. The molecule has 23 heavy (non-hydrogen) atoms. The Bertz CT molecular complexity index is 739. The molecule has 118 valence electrons. The second kappa shape index (κ2) is 7.95. The summed E-state index contributed by atoms with van der Waals surface area (Å²) in [5.74, 6) is -0.871. The first kappa shape index (κ1) is 17.3. The van der Waals surface area contributed by atoms with Crippen LogP contribution >= 0.6 is 23.2 Å². The van der Waals surface area contributed by atoms with Gasteiger partial charge in [-0.15, -0.1) is 0 Å². The third-order valence-corrected chi connectivity index (χ3v) is 3.64. The van der Waals surface area contributed by atoms with Gasteiger partial charge in [-0.1, -0.05) is 59.6 Å². The normalized spacial score (nSPS) is 12.1. The second-order valence-electron chi connectivity index (χ2n) is 4.81. The van der Waals surface area contributed by atoms with Crippen LogP contribution in [0, 0.1) is 0 Å². The largest absolute Gasteiger partial charge is 0.451 e. The number of carbonyl (C=O) groups excluding carboxylic acids is 2. The SMILES string of the molecule is CC(OC(=O)C=Cc1ccc(Cl)cc1Cl)C(=O)c1ccccc1. The van der Waals surface area contributed by atoms with Crippen molar-refractivity contribution in [3.63, 3.8) is 0 Å². The minimum Gasteiger partial charge on any atom is -0.451 e. The van der Waals surface area contributed by atoms with Crippen LogP contribution in [0.4, 0.5) is 0 Å². The molecule has 2 rings (SSSR count). The Morgan fingerprint density at radius 2 is 1.78 bits per heavy atom. The van der Waals surface area contributed by atoms with Crippen molar-refractivity contribution in [2.24, 2.45) is 0 Å². The zero-order valence-electron chi connectivity index (χ0n) is 12.3. The maximum absolute atomic E-state index is 12.1. The first-order chi connectivity index (χ1) is 11.0. The molecule has 3 nitrogen and oxygen atoms in total. The van der Waals surface area contributed by atoms with Gasteiger partial charge in [0.1, 0.15) is 0 Å². The van der Waals surface area contributed by atoms with Crippen molar-refractivity contribution >= 4 is 41.0 Å². The van der Waals surface area contributed by atoms with E-state index < -0.39 is 12.1 Å². The number of hydrogen-bond donors (Lipinski definition) is 0. The van der Waals surface area contributed by atoms with Crippen LogP contribution in [0.3, 0.4) is 0 Å². The fourth-order valence-electron chi connectivity index (χ4n) is 1.90. The Hall–Kier alpha value is -2.10. The zero-order chi connectivity index (χ0) is 16.8. The highest BCUT2D eigenvalue weighted by Gasteiger charge is 2.18. The lowest BCUT2D eigenvalue weighted by atomic mass is 10.1. The molecule has 0 aromatic heterocycles. The van der Waals surface area contributed by atoms with Crippen LogP contribution in [0.1, 0.15) is 22.8 Å². The monoisotopic (exact) mass is 348 g/mol. The number of ether oxygens (including phenoxy) is 1. The molecule has 0 saturated heterocycles. The van der Waals surface area contributed by atoms with Gasteiger partial charge in [-0.05, 0) is 30.7 Å². The smallest absolute Gasteiger partial charge is 0.331 e. The number of rotatable bonds is 5. The minimum atomic E-state index is -0.866. The third-order valence-electron chi connectivity index (χ3n) is 3.08. The zero-order valence-corrected chi connectivity index (χ0v) is 13.8. The molecular weight excluding hydrogens is 335 g/mol. The quantitative estimate of drug-likeness (QED) is 0.442. The Kier molecular flexibility index (Phi) is 5.97. The number of halogens is 2. The van der Waals surface area contributed by atoms with Gasteiger partial charge in [0.25, 0.3) is 0 Å². The van der Waals surface area contributed by atoms with Crippen molar-refractivity contribution < 1.29 is 14.3 Å². The molecule has 2 aromatic rings. The summed E-state index contributed by atoms with van der Waals surface area (Å²) < 4.78 is 5.11. The van der Waals surface area contributed by atoms with Crippen LogP contribution in [0.2, 0.25) is 10.0 Å². The Morgan fingerprint density at radius 1 is 1.09 bits per heavy atom. The Balaban J connectivity index is 1.99. The molecule has 0 N–H and O–H groups in total. The van der Waals surface area contributed by atoms with Crippen LogP contribution in [0.25, 0.3) is 6.08 Å². The molecule has 0 aliphatic heterocycles. The highest BCUT2D eigenvalue weighted by Crippen LogP contribution is 2.22. The van der Waals surface area contributed by atoms with Gasteiger partial charge in [0.05, 0.1) is 0 Å². The molecule has 1 atom stereocenters. The van der Waals surface area contributed by atoms with Gasteiger partial charge in [0.15, 0.2) is 6.10 Å². The highest BCUT2D eigenvalue weighted by molar-refractivity contribution is 6.35. The number of Topliss-reactive ketones (excluding diaryl/α,β-unsaturated/α-hetero) is 1. The first-order valence-electron chi connectivity index (χ1n) is 6.90. The van der Waals surface area contributed by atoms with Crippen LogP contribution in [-0.4, -0.2) is 17.9 Å². The summed E-state index contributed by atoms with van der Waals surface area (Å²) >= 11 is 11.8. The highest BCUT2D eigenvalue weighted by atomic mass is 35.5. The van der Waals surface area contributed by atoms with Crippen LogP contribution in [0.15, 0.2) is 54.6 Å². The third kappa shape index (κ3) is 4.95. The predicted octanol–water partition coefficient (Wildman–Crippen LogP) is 4.82. The molecule has 0 radical (unpaired) electrons. The number of hydrogen-bond acceptors (Lipinski definition) is 3. The maximum atomic E-state index is 12.1. The number of esters is 1. The van der Waals surface area contributed by atoms with Crippen LogP contribution in [-0.2, 0) is 9.53 Å². The van der Waals surface area contributed by atoms with Gasteiger partial charge in [-0.25, -0.2) is 4.79 Å². The van der Waals surface area contributed by atoms with E-state index in [1.807, 2.05) is 6.07 Å². The molecule has 5 heteroatoms. The fourth-order valence-corrected chi connectivity index (χ4v) is 2.37. The minimum absolute atomic E-state index is 0.253. The van der Waals surface area contributed by atoms with E-state index >= 15 is 0 Å².